The third-order valence-corrected chi connectivity index (χ3v) is 3.79. The van der Waals surface area contributed by atoms with Crippen molar-refractivity contribution in [2.24, 2.45) is 0 Å². The molecule has 0 fully saturated rings. The number of carbonyl (C=O) groups excluding carboxylic acids is 1. The van der Waals surface area contributed by atoms with E-state index in [0.717, 1.165) is 17.0 Å². The van der Waals surface area contributed by atoms with E-state index in [2.05, 4.69) is 10.3 Å². The number of aryl methyl sites for hydroxylation is 1. The molecule has 0 saturated carbocycles. The van der Waals surface area contributed by atoms with Gasteiger partial charge in [-0.25, -0.2) is 9.78 Å². The van der Waals surface area contributed by atoms with Crippen LogP contribution in [-0.2, 0) is 0 Å². The van der Waals surface area contributed by atoms with E-state index in [-0.39, 0.29) is 17.4 Å². The number of nitrogens with one attached hydrogen (secondary N) is 1. The van der Waals surface area contributed by atoms with Crippen molar-refractivity contribution in [1.29, 1.82) is 0 Å². The number of hydrogen-bond acceptors (Lipinski definition) is 5. The summed E-state index contributed by atoms with van der Waals surface area (Å²) in [5.41, 5.74) is 0.858. The summed E-state index contributed by atoms with van der Waals surface area (Å²) in [5.74, 6) is -1.60. The molecule has 6 nitrogen and oxygen atoms in total. The molecule has 106 valence electrons. The lowest BCUT2D eigenvalue weighted by Crippen LogP contribution is -2.27. The van der Waals surface area contributed by atoms with Crippen LogP contribution in [0.25, 0.3) is 0 Å². The molecule has 0 aliphatic carbocycles. The molecule has 1 amide bonds. The summed E-state index contributed by atoms with van der Waals surface area (Å²) in [7, 11) is 0. The van der Waals surface area contributed by atoms with Crippen molar-refractivity contribution in [1.82, 2.24) is 10.3 Å². The molecule has 0 radical (unpaired) electrons. The molecule has 0 saturated heterocycles. The molecular formula is C13H14N2O4S. The smallest absolute Gasteiger partial charge is 0.338 e. The molecule has 2 N–H and O–H groups in total. The number of furan rings is 1. The highest BCUT2D eigenvalue weighted by molar-refractivity contribution is 7.09. The van der Waals surface area contributed by atoms with E-state index < -0.39 is 11.9 Å². The standard InChI is InChI=1S/C13H14N2O4S/c1-3-9(12-14-7(2)6-20-12)15-11(16)10-4-8(5-19-10)13(17)18/h4-6,9H,3H2,1-2H3,(H,15,16)(H,17,18). The molecule has 0 spiro atoms. The van der Waals surface area contributed by atoms with Crippen molar-refractivity contribution >= 4 is 23.2 Å². The first-order chi connectivity index (χ1) is 9.51. The van der Waals surface area contributed by atoms with Crippen LogP contribution < -0.4 is 5.32 Å². The number of thiazole rings is 1. The van der Waals surface area contributed by atoms with Crippen LogP contribution in [0, 0.1) is 6.92 Å². The van der Waals surface area contributed by atoms with E-state index in [0.29, 0.717) is 6.42 Å². The average molecular weight is 294 g/mol. The van der Waals surface area contributed by atoms with Crippen LogP contribution in [0.5, 0.6) is 0 Å². The molecule has 2 aromatic rings. The van der Waals surface area contributed by atoms with Crippen LogP contribution in [0.2, 0.25) is 0 Å². The molecule has 1 unspecified atom stereocenters. The Morgan fingerprint density at radius 1 is 1.55 bits per heavy atom. The van der Waals surface area contributed by atoms with Crippen molar-refractivity contribution < 1.29 is 19.1 Å². The molecule has 20 heavy (non-hydrogen) atoms. The highest BCUT2D eigenvalue weighted by Crippen LogP contribution is 2.21. The quantitative estimate of drug-likeness (QED) is 0.884. The lowest BCUT2D eigenvalue weighted by molar-refractivity contribution is 0.0695. The summed E-state index contributed by atoms with van der Waals surface area (Å²) < 4.78 is 4.96. The first-order valence-corrected chi connectivity index (χ1v) is 6.94. The average Bonchev–Trinajstić information content (AvgIpc) is 3.04. The molecule has 2 heterocycles. The molecule has 0 aliphatic rings. The topological polar surface area (TPSA) is 92.4 Å². The molecule has 0 aromatic carbocycles. The van der Waals surface area contributed by atoms with Crippen LogP contribution in [-0.4, -0.2) is 22.0 Å². The van der Waals surface area contributed by atoms with Gasteiger partial charge in [0, 0.05) is 17.1 Å². The molecule has 0 bridgehead atoms. The first kappa shape index (κ1) is 14.3. The SMILES string of the molecule is CCC(NC(=O)c1cc(C(=O)O)co1)c1nc(C)cs1. The number of aromatic carboxylic acids is 1. The number of amides is 1. The lowest BCUT2D eigenvalue weighted by atomic mass is 10.2. The third kappa shape index (κ3) is 3.05. The Kier molecular flexibility index (Phi) is 4.19. The second-order valence-electron chi connectivity index (χ2n) is 4.27. The van der Waals surface area contributed by atoms with Crippen LogP contribution >= 0.6 is 11.3 Å². The first-order valence-electron chi connectivity index (χ1n) is 6.06. The Hall–Kier alpha value is -2.15. The number of rotatable bonds is 5. The molecule has 2 rings (SSSR count). The van der Waals surface area contributed by atoms with E-state index in [1.165, 1.54) is 17.4 Å². The summed E-state index contributed by atoms with van der Waals surface area (Å²) in [6.07, 6.45) is 1.73. The van der Waals surface area contributed by atoms with Crippen LogP contribution in [0.1, 0.15) is 51.0 Å². The third-order valence-electron chi connectivity index (χ3n) is 2.72. The molecule has 0 aliphatic heterocycles. The second-order valence-corrected chi connectivity index (χ2v) is 5.16. The van der Waals surface area contributed by atoms with Gasteiger partial charge in [-0.05, 0) is 13.3 Å². The van der Waals surface area contributed by atoms with Crippen LogP contribution in [0.3, 0.4) is 0 Å². The van der Waals surface area contributed by atoms with Gasteiger partial charge in [0.15, 0.2) is 5.76 Å². The van der Waals surface area contributed by atoms with Crippen LogP contribution in [0.4, 0.5) is 0 Å². The molecule has 1 atom stereocenters. The molecule has 7 heteroatoms. The van der Waals surface area contributed by atoms with Crippen molar-refractivity contribution in [2.75, 3.05) is 0 Å². The van der Waals surface area contributed by atoms with Crippen LogP contribution in [0.15, 0.2) is 22.1 Å². The van der Waals surface area contributed by atoms with Gasteiger partial charge < -0.3 is 14.8 Å². The van der Waals surface area contributed by atoms with Gasteiger partial charge in [0.2, 0.25) is 0 Å². The van der Waals surface area contributed by atoms with Crippen molar-refractivity contribution in [2.45, 2.75) is 26.3 Å². The van der Waals surface area contributed by atoms with Gasteiger partial charge in [-0.2, -0.15) is 0 Å². The van der Waals surface area contributed by atoms with Crippen molar-refractivity contribution in [3.8, 4) is 0 Å². The number of carboxylic acid groups (broad SMARTS) is 1. The van der Waals surface area contributed by atoms with E-state index in [1.807, 2.05) is 19.2 Å². The fourth-order valence-corrected chi connectivity index (χ4v) is 2.60. The zero-order chi connectivity index (χ0) is 14.7. The van der Waals surface area contributed by atoms with Gasteiger partial charge in [-0.1, -0.05) is 6.92 Å². The highest BCUT2D eigenvalue weighted by Gasteiger charge is 2.20. The normalized spacial score (nSPS) is 12.1. The summed E-state index contributed by atoms with van der Waals surface area (Å²) in [5, 5.41) is 14.3. The second kappa shape index (κ2) is 5.87. The predicted molar refractivity (Wildman–Crippen MR) is 73.0 cm³/mol. The Bertz CT molecular complexity index is 632. The summed E-state index contributed by atoms with van der Waals surface area (Å²) in [6.45, 7) is 3.83. The number of hydrogen-bond donors (Lipinski definition) is 2. The maximum absolute atomic E-state index is 12.0. The zero-order valence-corrected chi connectivity index (χ0v) is 11.9. The number of nitrogens with zero attached hydrogens (tertiary/aromatic N) is 1. The Morgan fingerprint density at radius 2 is 2.30 bits per heavy atom. The maximum atomic E-state index is 12.0. The van der Waals surface area contributed by atoms with E-state index in [9.17, 15) is 9.59 Å². The Morgan fingerprint density at radius 3 is 2.80 bits per heavy atom. The summed E-state index contributed by atoms with van der Waals surface area (Å²) >= 11 is 1.48. The van der Waals surface area contributed by atoms with Crippen molar-refractivity contribution in [3.63, 3.8) is 0 Å². The fraction of sp³-hybridized carbons (Fsp3) is 0.308. The number of aromatic nitrogens is 1. The zero-order valence-electron chi connectivity index (χ0n) is 11.0. The number of carbonyl (C=O) groups is 2. The largest absolute Gasteiger partial charge is 0.478 e. The monoisotopic (exact) mass is 294 g/mol. The van der Waals surface area contributed by atoms with Gasteiger partial charge in [0.1, 0.15) is 11.3 Å². The maximum Gasteiger partial charge on any atom is 0.338 e. The molecular weight excluding hydrogens is 280 g/mol. The summed E-state index contributed by atoms with van der Waals surface area (Å²) in [6, 6.07) is 0.997. The van der Waals surface area contributed by atoms with Gasteiger partial charge in [-0.15, -0.1) is 11.3 Å². The highest BCUT2D eigenvalue weighted by atomic mass is 32.1. The lowest BCUT2D eigenvalue weighted by Gasteiger charge is -2.13. The van der Waals surface area contributed by atoms with Gasteiger partial charge >= 0.3 is 5.97 Å². The Balaban J connectivity index is 2.10. The van der Waals surface area contributed by atoms with Gasteiger partial charge in [0.25, 0.3) is 5.91 Å². The fourth-order valence-electron chi connectivity index (χ4n) is 1.67. The Labute approximate surface area is 119 Å². The van der Waals surface area contributed by atoms with Gasteiger partial charge in [-0.3, -0.25) is 4.79 Å². The minimum atomic E-state index is -1.13. The number of carboxylic acids is 1. The van der Waals surface area contributed by atoms with E-state index >= 15 is 0 Å². The minimum Gasteiger partial charge on any atom is -0.478 e. The molecule has 2 aromatic heterocycles. The van der Waals surface area contributed by atoms with Gasteiger partial charge in [0.05, 0.1) is 11.6 Å². The van der Waals surface area contributed by atoms with E-state index in [1.54, 1.807) is 0 Å². The predicted octanol–water partition coefficient (Wildman–Crippen LogP) is 2.62. The van der Waals surface area contributed by atoms with E-state index in [4.69, 9.17) is 9.52 Å². The minimum absolute atomic E-state index is 0.0193. The summed E-state index contributed by atoms with van der Waals surface area (Å²) in [4.78, 5) is 27.1. The van der Waals surface area contributed by atoms with Crippen molar-refractivity contribution in [3.05, 3.63) is 39.7 Å².